The fourth-order valence-corrected chi connectivity index (χ4v) is 4.17. The van der Waals surface area contributed by atoms with Gasteiger partial charge in [-0.3, -0.25) is 4.79 Å². The first-order valence-corrected chi connectivity index (χ1v) is 11.1. The van der Waals surface area contributed by atoms with Gasteiger partial charge < -0.3 is 14.5 Å². The maximum Gasteiger partial charge on any atom is 0.253 e. The number of hydrogen-bond donors (Lipinski definition) is 0. The molecule has 30 heavy (non-hydrogen) atoms. The van der Waals surface area contributed by atoms with Crippen LogP contribution < -0.4 is 0 Å². The van der Waals surface area contributed by atoms with E-state index in [2.05, 4.69) is 47.4 Å². The summed E-state index contributed by atoms with van der Waals surface area (Å²) < 4.78 is 5.24. The van der Waals surface area contributed by atoms with Crippen LogP contribution in [-0.4, -0.2) is 62.1 Å². The largest absolute Gasteiger partial charge is 0.383 e. The number of carbonyl (C=O) groups is 1. The van der Waals surface area contributed by atoms with E-state index in [-0.39, 0.29) is 5.91 Å². The molecule has 0 atom stereocenters. The Morgan fingerprint density at radius 2 is 1.47 bits per heavy atom. The molecule has 0 saturated carbocycles. The maximum absolute atomic E-state index is 12.7. The lowest BCUT2D eigenvalue weighted by atomic mass is 9.88. The molecule has 4 heteroatoms. The van der Waals surface area contributed by atoms with Crippen LogP contribution in [0.2, 0.25) is 0 Å². The first-order chi connectivity index (χ1) is 14.7. The molecule has 1 amide bonds. The zero-order chi connectivity index (χ0) is 21.3. The molecule has 0 radical (unpaired) electrons. The van der Waals surface area contributed by atoms with E-state index in [9.17, 15) is 4.79 Å². The standard InChI is InChI=1S/C26H34N2O2/c1-4-28(5-2)26(29)24-13-11-22(12-14-24)25(21-9-7-6-8-10-21)23-15-17-27(18-16-23)19-20-30-3/h6-14H,4-5,15-20H2,1-3H3. The fourth-order valence-electron chi connectivity index (χ4n) is 4.17. The van der Waals surface area contributed by atoms with Crippen molar-refractivity contribution in [2.75, 3.05) is 46.4 Å². The van der Waals surface area contributed by atoms with Gasteiger partial charge in [-0.2, -0.15) is 0 Å². The van der Waals surface area contributed by atoms with Crippen LogP contribution in [0.4, 0.5) is 0 Å². The van der Waals surface area contributed by atoms with E-state index in [1.807, 2.05) is 30.9 Å². The molecule has 1 aliphatic rings. The van der Waals surface area contributed by atoms with Crippen molar-refractivity contribution >= 4 is 11.5 Å². The van der Waals surface area contributed by atoms with Gasteiger partial charge in [0, 0.05) is 45.4 Å². The Morgan fingerprint density at radius 3 is 2.03 bits per heavy atom. The highest BCUT2D eigenvalue weighted by molar-refractivity contribution is 5.95. The number of likely N-dealkylation sites (tertiary alicyclic amines) is 1. The number of ether oxygens (including phenoxy) is 1. The second-order valence-electron chi connectivity index (χ2n) is 7.73. The van der Waals surface area contributed by atoms with Crippen LogP contribution in [0.15, 0.2) is 60.2 Å². The van der Waals surface area contributed by atoms with Gasteiger partial charge in [-0.1, -0.05) is 48.0 Å². The highest BCUT2D eigenvalue weighted by atomic mass is 16.5. The van der Waals surface area contributed by atoms with Crippen molar-refractivity contribution < 1.29 is 9.53 Å². The van der Waals surface area contributed by atoms with Gasteiger partial charge in [-0.15, -0.1) is 0 Å². The topological polar surface area (TPSA) is 32.8 Å². The maximum atomic E-state index is 12.7. The van der Waals surface area contributed by atoms with E-state index in [0.717, 1.165) is 57.7 Å². The molecular formula is C26H34N2O2. The summed E-state index contributed by atoms with van der Waals surface area (Å²) in [5, 5.41) is 0. The predicted molar refractivity (Wildman–Crippen MR) is 124 cm³/mol. The van der Waals surface area contributed by atoms with Gasteiger partial charge >= 0.3 is 0 Å². The second-order valence-corrected chi connectivity index (χ2v) is 7.73. The van der Waals surface area contributed by atoms with Crippen molar-refractivity contribution in [3.8, 4) is 0 Å². The van der Waals surface area contributed by atoms with Gasteiger partial charge in [0.15, 0.2) is 0 Å². The van der Waals surface area contributed by atoms with Gasteiger partial charge in [0.1, 0.15) is 0 Å². The lowest BCUT2D eigenvalue weighted by Crippen LogP contribution is -2.33. The molecule has 2 aromatic rings. The number of amides is 1. The zero-order valence-corrected chi connectivity index (χ0v) is 18.6. The predicted octanol–water partition coefficient (Wildman–Crippen LogP) is 4.71. The molecule has 1 saturated heterocycles. The molecule has 0 aliphatic carbocycles. The van der Waals surface area contributed by atoms with Gasteiger partial charge in [0.25, 0.3) is 5.91 Å². The van der Waals surface area contributed by atoms with Crippen LogP contribution in [0.3, 0.4) is 0 Å². The average molecular weight is 407 g/mol. The molecule has 3 rings (SSSR count). The number of benzene rings is 2. The van der Waals surface area contributed by atoms with Crippen LogP contribution in [0.5, 0.6) is 0 Å². The SMILES string of the molecule is CCN(CC)C(=O)c1ccc(C(=C2CCN(CCOC)CC2)c2ccccc2)cc1. The molecule has 0 N–H and O–H groups in total. The van der Waals surface area contributed by atoms with E-state index in [4.69, 9.17) is 4.74 Å². The Kier molecular flexibility index (Phi) is 8.23. The summed E-state index contributed by atoms with van der Waals surface area (Å²) in [6.07, 6.45) is 2.13. The number of carbonyl (C=O) groups excluding carboxylic acids is 1. The smallest absolute Gasteiger partial charge is 0.253 e. The summed E-state index contributed by atoms with van der Waals surface area (Å²) in [4.78, 5) is 17.0. The molecule has 1 aliphatic heterocycles. The van der Waals surface area contributed by atoms with Crippen molar-refractivity contribution in [3.05, 3.63) is 76.9 Å². The molecule has 160 valence electrons. The molecule has 0 unspecified atom stereocenters. The van der Waals surface area contributed by atoms with Gasteiger partial charge in [-0.25, -0.2) is 0 Å². The summed E-state index contributed by atoms with van der Waals surface area (Å²) in [5.41, 5.74) is 6.02. The first-order valence-electron chi connectivity index (χ1n) is 11.1. The zero-order valence-electron chi connectivity index (χ0n) is 18.6. The lowest BCUT2D eigenvalue weighted by Gasteiger charge is -2.30. The molecule has 0 aromatic heterocycles. The highest BCUT2D eigenvalue weighted by Gasteiger charge is 2.19. The highest BCUT2D eigenvalue weighted by Crippen LogP contribution is 2.32. The van der Waals surface area contributed by atoms with Crippen LogP contribution in [0.25, 0.3) is 5.57 Å². The Morgan fingerprint density at radius 1 is 0.900 bits per heavy atom. The lowest BCUT2D eigenvalue weighted by molar-refractivity contribution is 0.0773. The normalized spacial score (nSPS) is 14.6. The van der Waals surface area contributed by atoms with Crippen molar-refractivity contribution in [1.82, 2.24) is 9.80 Å². The quantitative estimate of drug-likeness (QED) is 0.636. The van der Waals surface area contributed by atoms with Crippen LogP contribution in [0.1, 0.15) is 48.2 Å². The molecule has 1 fully saturated rings. The fraction of sp³-hybridized carbons (Fsp3) is 0.423. The molecule has 4 nitrogen and oxygen atoms in total. The third-order valence-electron chi connectivity index (χ3n) is 5.96. The van der Waals surface area contributed by atoms with Gasteiger partial charge in [0.05, 0.1) is 6.61 Å². The molecular weight excluding hydrogens is 372 g/mol. The van der Waals surface area contributed by atoms with E-state index in [0.29, 0.717) is 0 Å². The van der Waals surface area contributed by atoms with Crippen molar-refractivity contribution in [2.24, 2.45) is 0 Å². The third-order valence-corrected chi connectivity index (χ3v) is 5.96. The number of hydrogen-bond acceptors (Lipinski definition) is 3. The number of nitrogens with zero attached hydrogens (tertiary/aromatic N) is 2. The number of rotatable bonds is 8. The summed E-state index contributed by atoms with van der Waals surface area (Å²) >= 11 is 0. The molecule has 2 aromatic carbocycles. The van der Waals surface area contributed by atoms with E-state index in [1.165, 1.54) is 22.3 Å². The Hall–Kier alpha value is -2.43. The Balaban J connectivity index is 1.88. The summed E-state index contributed by atoms with van der Waals surface area (Å²) in [7, 11) is 1.76. The third kappa shape index (κ3) is 5.38. The summed E-state index contributed by atoms with van der Waals surface area (Å²) in [6, 6.07) is 18.8. The van der Waals surface area contributed by atoms with E-state index in [1.54, 1.807) is 7.11 Å². The molecule has 1 heterocycles. The van der Waals surface area contributed by atoms with Crippen LogP contribution >= 0.6 is 0 Å². The van der Waals surface area contributed by atoms with Crippen LogP contribution in [-0.2, 0) is 4.74 Å². The Bertz CT molecular complexity index is 829. The van der Waals surface area contributed by atoms with Crippen molar-refractivity contribution in [1.29, 1.82) is 0 Å². The number of methoxy groups -OCH3 is 1. The van der Waals surface area contributed by atoms with E-state index >= 15 is 0 Å². The summed E-state index contributed by atoms with van der Waals surface area (Å²) in [5.74, 6) is 0.104. The Labute approximate surface area is 181 Å². The minimum Gasteiger partial charge on any atom is -0.383 e. The minimum absolute atomic E-state index is 0.104. The van der Waals surface area contributed by atoms with Crippen molar-refractivity contribution in [3.63, 3.8) is 0 Å². The molecule has 0 bridgehead atoms. The minimum atomic E-state index is 0.104. The monoisotopic (exact) mass is 406 g/mol. The van der Waals surface area contributed by atoms with Gasteiger partial charge in [0.2, 0.25) is 0 Å². The first kappa shape index (κ1) is 22.3. The number of piperidine rings is 1. The second kappa shape index (κ2) is 11.1. The van der Waals surface area contributed by atoms with Crippen molar-refractivity contribution in [2.45, 2.75) is 26.7 Å². The van der Waals surface area contributed by atoms with Gasteiger partial charge in [-0.05, 0) is 55.5 Å². The molecule has 0 spiro atoms. The van der Waals surface area contributed by atoms with E-state index < -0.39 is 0 Å². The van der Waals surface area contributed by atoms with Crippen LogP contribution in [0, 0.1) is 0 Å². The summed E-state index contributed by atoms with van der Waals surface area (Å²) in [6.45, 7) is 9.41. The average Bonchev–Trinajstić information content (AvgIpc) is 2.80.